The highest BCUT2D eigenvalue weighted by Gasteiger charge is 2.22. The van der Waals surface area contributed by atoms with Gasteiger partial charge in [0.05, 0.1) is 0 Å². The molecule has 0 saturated heterocycles. The van der Waals surface area contributed by atoms with Crippen LogP contribution in [0.15, 0.2) is 24.3 Å². The SMILES string of the molecule is CC(C)(C)c1cccc(OCC(N)C2CCCC2)c1. The molecule has 1 atom stereocenters. The van der Waals surface area contributed by atoms with E-state index in [9.17, 15) is 0 Å². The highest BCUT2D eigenvalue weighted by atomic mass is 16.5. The number of ether oxygens (including phenoxy) is 1. The summed E-state index contributed by atoms with van der Waals surface area (Å²) in [6.45, 7) is 7.29. The summed E-state index contributed by atoms with van der Waals surface area (Å²) < 4.78 is 5.89. The quantitative estimate of drug-likeness (QED) is 0.892. The fourth-order valence-corrected chi connectivity index (χ4v) is 2.77. The monoisotopic (exact) mass is 261 g/mol. The van der Waals surface area contributed by atoms with Crippen molar-refractivity contribution in [3.8, 4) is 5.75 Å². The standard InChI is InChI=1S/C17H27NO/c1-17(2,3)14-9-6-10-15(11-14)19-12-16(18)13-7-4-5-8-13/h6,9-11,13,16H,4-5,7-8,12,18H2,1-3H3. The smallest absolute Gasteiger partial charge is 0.119 e. The Balaban J connectivity index is 1.92. The molecule has 1 fully saturated rings. The molecule has 0 spiro atoms. The van der Waals surface area contributed by atoms with Crippen LogP contribution in [0.1, 0.15) is 52.0 Å². The van der Waals surface area contributed by atoms with Gasteiger partial charge in [0, 0.05) is 6.04 Å². The molecular weight excluding hydrogens is 234 g/mol. The lowest BCUT2D eigenvalue weighted by Crippen LogP contribution is -2.34. The van der Waals surface area contributed by atoms with Crippen LogP contribution in [-0.4, -0.2) is 12.6 Å². The third-order valence-electron chi connectivity index (χ3n) is 4.15. The van der Waals surface area contributed by atoms with Crippen LogP contribution in [0.3, 0.4) is 0 Å². The molecule has 2 N–H and O–H groups in total. The molecule has 0 aromatic heterocycles. The minimum Gasteiger partial charge on any atom is -0.492 e. The zero-order chi connectivity index (χ0) is 13.9. The summed E-state index contributed by atoms with van der Waals surface area (Å²) in [6, 6.07) is 8.57. The van der Waals surface area contributed by atoms with Gasteiger partial charge in [-0.25, -0.2) is 0 Å². The maximum absolute atomic E-state index is 6.23. The highest BCUT2D eigenvalue weighted by molar-refractivity contribution is 5.32. The van der Waals surface area contributed by atoms with E-state index in [0.717, 1.165) is 5.75 Å². The van der Waals surface area contributed by atoms with E-state index in [4.69, 9.17) is 10.5 Å². The van der Waals surface area contributed by atoms with Gasteiger partial charge in [-0.05, 0) is 41.9 Å². The Morgan fingerprint density at radius 2 is 1.95 bits per heavy atom. The van der Waals surface area contributed by atoms with Crippen molar-refractivity contribution in [3.63, 3.8) is 0 Å². The molecule has 2 rings (SSSR count). The summed E-state index contributed by atoms with van der Waals surface area (Å²) in [5.74, 6) is 1.60. The number of hydrogen-bond acceptors (Lipinski definition) is 2. The van der Waals surface area contributed by atoms with Crippen molar-refractivity contribution in [2.75, 3.05) is 6.61 Å². The molecule has 0 radical (unpaired) electrons. The second-order valence-corrected chi connectivity index (χ2v) is 6.80. The molecule has 1 saturated carbocycles. The molecule has 0 amide bonds. The van der Waals surface area contributed by atoms with Crippen LogP contribution in [0, 0.1) is 5.92 Å². The average molecular weight is 261 g/mol. The molecule has 1 aromatic carbocycles. The van der Waals surface area contributed by atoms with Gasteiger partial charge < -0.3 is 10.5 Å². The Morgan fingerprint density at radius 1 is 1.26 bits per heavy atom. The first kappa shape index (κ1) is 14.4. The van der Waals surface area contributed by atoms with Crippen molar-refractivity contribution in [1.82, 2.24) is 0 Å². The van der Waals surface area contributed by atoms with Gasteiger partial charge in [-0.15, -0.1) is 0 Å². The second kappa shape index (κ2) is 5.96. The Morgan fingerprint density at radius 3 is 2.58 bits per heavy atom. The van der Waals surface area contributed by atoms with Gasteiger partial charge in [-0.2, -0.15) is 0 Å². The van der Waals surface area contributed by atoms with E-state index in [1.807, 2.05) is 6.07 Å². The number of hydrogen-bond donors (Lipinski definition) is 1. The van der Waals surface area contributed by atoms with Crippen molar-refractivity contribution in [1.29, 1.82) is 0 Å². The molecule has 106 valence electrons. The lowest BCUT2D eigenvalue weighted by molar-refractivity contribution is 0.247. The molecule has 0 heterocycles. The van der Waals surface area contributed by atoms with Crippen LogP contribution < -0.4 is 10.5 Å². The van der Waals surface area contributed by atoms with Gasteiger partial charge in [0.15, 0.2) is 0 Å². The summed E-state index contributed by atoms with van der Waals surface area (Å²) in [5.41, 5.74) is 7.69. The summed E-state index contributed by atoms with van der Waals surface area (Å²) in [4.78, 5) is 0. The second-order valence-electron chi connectivity index (χ2n) is 6.80. The van der Waals surface area contributed by atoms with E-state index in [-0.39, 0.29) is 11.5 Å². The third kappa shape index (κ3) is 3.97. The largest absolute Gasteiger partial charge is 0.492 e. The van der Waals surface area contributed by atoms with Crippen LogP contribution in [-0.2, 0) is 5.41 Å². The van der Waals surface area contributed by atoms with Crippen molar-refractivity contribution >= 4 is 0 Å². The van der Waals surface area contributed by atoms with Crippen molar-refractivity contribution in [2.45, 2.75) is 57.9 Å². The minimum absolute atomic E-state index is 0.160. The first-order valence-corrected chi connectivity index (χ1v) is 7.46. The summed E-state index contributed by atoms with van der Waals surface area (Å²) in [7, 11) is 0. The van der Waals surface area contributed by atoms with E-state index in [1.54, 1.807) is 0 Å². The Bertz CT molecular complexity index is 402. The van der Waals surface area contributed by atoms with Crippen LogP contribution >= 0.6 is 0 Å². The first-order valence-electron chi connectivity index (χ1n) is 7.46. The van der Waals surface area contributed by atoms with Gasteiger partial charge in [0.25, 0.3) is 0 Å². The van der Waals surface area contributed by atoms with Crippen LogP contribution in [0.25, 0.3) is 0 Å². The topological polar surface area (TPSA) is 35.2 Å². The molecule has 1 aromatic rings. The maximum Gasteiger partial charge on any atom is 0.119 e. The van der Waals surface area contributed by atoms with Crippen molar-refractivity contribution < 1.29 is 4.74 Å². The molecular formula is C17H27NO. The summed E-state index contributed by atoms with van der Waals surface area (Å²) >= 11 is 0. The van der Waals surface area contributed by atoms with E-state index >= 15 is 0 Å². The minimum atomic E-state index is 0.160. The van der Waals surface area contributed by atoms with E-state index < -0.39 is 0 Å². The normalized spacial score (nSPS) is 18.5. The fourth-order valence-electron chi connectivity index (χ4n) is 2.77. The van der Waals surface area contributed by atoms with E-state index in [1.165, 1.54) is 31.2 Å². The average Bonchev–Trinajstić information content (AvgIpc) is 2.89. The van der Waals surface area contributed by atoms with Crippen molar-refractivity contribution in [2.24, 2.45) is 11.7 Å². The zero-order valence-electron chi connectivity index (χ0n) is 12.5. The molecule has 1 unspecified atom stereocenters. The number of nitrogens with two attached hydrogens (primary N) is 1. The lowest BCUT2D eigenvalue weighted by Gasteiger charge is -2.22. The number of rotatable bonds is 4. The predicted molar refractivity (Wildman–Crippen MR) is 80.6 cm³/mol. The van der Waals surface area contributed by atoms with Gasteiger partial charge in [0.2, 0.25) is 0 Å². The predicted octanol–water partition coefficient (Wildman–Crippen LogP) is 3.88. The van der Waals surface area contributed by atoms with Gasteiger partial charge in [-0.3, -0.25) is 0 Å². The Kier molecular flexibility index (Phi) is 4.51. The van der Waals surface area contributed by atoms with Crippen molar-refractivity contribution in [3.05, 3.63) is 29.8 Å². The van der Waals surface area contributed by atoms with Crippen LogP contribution in [0.4, 0.5) is 0 Å². The molecule has 2 nitrogen and oxygen atoms in total. The first-order chi connectivity index (χ1) is 8.97. The highest BCUT2D eigenvalue weighted by Crippen LogP contribution is 2.28. The zero-order valence-corrected chi connectivity index (χ0v) is 12.5. The molecule has 0 bridgehead atoms. The fraction of sp³-hybridized carbons (Fsp3) is 0.647. The summed E-state index contributed by atoms with van der Waals surface area (Å²) in [5, 5.41) is 0. The molecule has 1 aliphatic carbocycles. The Hall–Kier alpha value is -1.02. The van der Waals surface area contributed by atoms with Crippen LogP contribution in [0.2, 0.25) is 0 Å². The van der Waals surface area contributed by atoms with Gasteiger partial charge in [0.1, 0.15) is 12.4 Å². The van der Waals surface area contributed by atoms with Gasteiger partial charge >= 0.3 is 0 Å². The molecule has 2 heteroatoms. The maximum atomic E-state index is 6.23. The molecule has 0 aliphatic heterocycles. The third-order valence-corrected chi connectivity index (χ3v) is 4.15. The number of benzene rings is 1. The Labute approximate surface area is 117 Å². The molecule has 19 heavy (non-hydrogen) atoms. The lowest BCUT2D eigenvalue weighted by atomic mass is 9.87. The van der Waals surface area contributed by atoms with Crippen LogP contribution in [0.5, 0.6) is 5.75 Å². The summed E-state index contributed by atoms with van der Waals surface area (Å²) in [6.07, 6.45) is 5.20. The van der Waals surface area contributed by atoms with Gasteiger partial charge in [-0.1, -0.05) is 45.7 Å². The van der Waals surface area contributed by atoms with E-state index in [0.29, 0.717) is 12.5 Å². The molecule has 1 aliphatic rings. The van der Waals surface area contributed by atoms with E-state index in [2.05, 4.69) is 39.0 Å².